The molecule has 0 bridgehead atoms. The normalized spacial score (nSPS) is 27.1. The van der Waals surface area contributed by atoms with Gasteiger partial charge in [-0.2, -0.15) is 0 Å². The Balaban J connectivity index is 1.60. The Kier molecular flexibility index (Phi) is 4.50. The monoisotopic (exact) mass is 319 g/mol. The fourth-order valence-corrected chi connectivity index (χ4v) is 3.42. The SMILES string of the molecule is CN(C)CC(=O)N1CCC2(CC(N(C)c3ncccn3)CO2)C1. The summed E-state index contributed by atoms with van der Waals surface area (Å²) in [5.74, 6) is 0.898. The van der Waals surface area contributed by atoms with Crippen LogP contribution in [-0.2, 0) is 9.53 Å². The van der Waals surface area contributed by atoms with Crippen LogP contribution in [0.2, 0.25) is 0 Å². The third-order valence-corrected chi connectivity index (χ3v) is 4.73. The lowest BCUT2D eigenvalue weighted by Crippen LogP contribution is -2.40. The summed E-state index contributed by atoms with van der Waals surface area (Å²) in [5.41, 5.74) is -0.199. The van der Waals surface area contributed by atoms with Gasteiger partial charge in [-0.3, -0.25) is 4.79 Å². The Hall–Kier alpha value is -1.73. The molecule has 126 valence electrons. The van der Waals surface area contributed by atoms with E-state index >= 15 is 0 Å². The maximum atomic E-state index is 12.2. The number of anilines is 1. The van der Waals surface area contributed by atoms with Gasteiger partial charge in [0.1, 0.15) is 0 Å². The summed E-state index contributed by atoms with van der Waals surface area (Å²) in [7, 11) is 5.84. The van der Waals surface area contributed by atoms with Crippen molar-refractivity contribution in [2.24, 2.45) is 0 Å². The first-order valence-electron chi connectivity index (χ1n) is 8.05. The van der Waals surface area contributed by atoms with Crippen LogP contribution in [0.15, 0.2) is 18.5 Å². The number of carbonyl (C=O) groups is 1. The molecule has 0 radical (unpaired) electrons. The van der Waals surface area contributed by atoms with Crippen molar-refractivity contribution in [3.63, 3.8) is 0 Å². The highest BCUT2D eigenvalue weighted by Gasteiger charge is 2.47. The molecule has 1 spiro atoms. The minimum Gasteiger partial charge on any atom is -0.371 e. The molecule has 2 saturated heterocycles. The van der Waals surface area contributed by atoms with Crippen molar-refractivity contribution in [2.75, 3.05) is 52.3 Å². The van der Waals surface area contributed by atoms with E-state index in [1.165, 1.54) is 0 Å². The fourth-order valence-electron chi connectivity index (χ4n) is 3.42. The summed E-state index contributed by atoms with van der Waals surface area (Å²) in [4.78, 5) is 26.8. The summed E-state index contributed by atoms with van der Waals surface area (Å²) in [6, 6.07) is 2.07. The van der Waals surface area contributed by atoms with Crippen LogP contribution in [0.3, 0.4) is 0 Å². The zero-order chi connectivity index (χ0) is 16.4. The summed E-state index contributed by atoms with van der Waals surface area (Å²) >= 11 is 0. The average molecular weight is 319 g/mol. The molecule has 2 aliphatic heterocycles. The molecule has 2 atom stereocenters. The lowest BCUT2D eigenvalue weighted by Gasteiger charge is -2.26. The fraction of sp³-hybridized carbons (Fsp3) is 0.688. The van der Waals surface area contributed by atoms with Crippen LogP contribution in [0, 0.1) is 0 Å². The van der Waals surface area contributed by atoms with Gasteiger partial charge >= 0.3 is 0 Å². The molecule has 2 aliphatic rings. The summed E-state index contributed by atoms with van der Waals surface area (Å²) in [6.45, 7) is 2.59. The van der Waals surface area contributed by atoms with Crippen LogP contribution < -0.4 is 4.90 Å². The molecule has 0 aliphatic carbocycles. The van der Waals surface area contributed by atoms with Crippen molar-refractivity contribution in [3.8, 4) is 0 Å². The van der Waals surface area contributed by atoms with Crippen LogP contribution in [0.4, 0.5) is 5.95 Å². The number of ether oxygens (including phenoxy) is 1. The Morgan fingerprint density at radius 3 is 2.83 bits per heavy atom. The Labute approximate surface area is 137 Å². The molecule has 1 amide bonds. The topological polar surface area (TPSA) is 61.8 Å². The van der Waals surface area contributed by atoms with Crippen molar-refractivity contribution in [1.82, 2.24) is 19.8 Å². The number of hydrogen-bond acceptors (Lipinski definition) is 6. The van der Waals surface area contributed by atoms with Gasteiger partial charge in [-0.05, 0) is 26.6 Å². The summed E-state index contributed by atoms with van der Waals surface area (Å²) < 4.78 is 6.14. The van der Waals surface area contributed by atoms with E-state index in [-0.39, 0.29) is 17.6 Å². The van der Waals surface area contributed by atoms with E-state index in [0.29, 0.717) is 19.7 Å². The molecule has 23 heavy (non-hydrogen) atoms. The molecule has 2 fully saturated rings. The lowest BCUT2D eigenvalue weighted by atomic mass is 9.97. The zero-order valence-corrected chi connectivity index (χ0v) is 14.1. The van der Waals surface area contributed by atoms with E-state index < -0.39 is 0 Å². The maximum absolute atomic E-state index is 12.2. The van der Waals surface area contributed by atoms with Gasteiger partial charge in [-0.15, -0.1) is 0 Å². The highest BCUT2D eigenvalue weighted by molar-refractivity contribution is 5.78. The predicted molar refractivity (Wildman–Crippen MR) is 87.3 cm³/mol. The number of nitrogens with zero attached hydrogens (tertiary/aromatic N) is 5. The molecule has 0 aromatic carbocycles. The van der Waals surface area contributed by atoms with Crippen molar-refractivity contribution in [1.29, 1.82) is 0 Å². The highest BCUT2D eigenvalue weighted by atomic mass is 16.5. The second kappa shape index (κ2) is 6.41. The number of likely N-dealkylation sites (tertiary alicyclic amines) is 1. The second-order valence-electron chi connectivity index (χ2n) is 6.81. The van der Waals surface area contributed by atoms with E-state index in [1.807, 2.05) is 37.0 Å². The van der Waals surface area contributed by atoms with Gasteiger partial charge in [0.15, 0.2) is 0 Å². The van der Waals surface area contributed by atoms with E-state index in [0.717, 1.165) is 25.3 Å². The van der Waals surface area contributed by atoms with Gasteiger partial charge in [-0.25, -0.2) is 9.97 Å². The molecule has 0 saturated carbocycles. The van der Waals surface area contributed by atoms with Crippen LogP contribution in [0.25, 0.3) is 0 Å². The molecule has 3 heterocycles. The first-order valence-corrected chi connectivity index (χ1v) is 8.05. The first-order chi connectivity index (χ1) is 11.0. The van der Waals surface area contributed by atoms with Crippen molar-refractivity contribution < 1.29 is 9.53 Å². The molecule has 7 nitrogen and oxygen atoms in total. The highest BCUT2D eigenvalue weighted by Crippen LogP contribution is 2.37. The zero-order valence-electron chi connectivity index (χ0n) is 14.1. The number of aromatic nitrogens is 2. The van der Waals surface area contributed by atoms with Crippen molar-refractivity contribution >= 4 is 11.9 Å². The first kappa shape index (κ1) is 16.1. The number of carbonyl (C=O) groups excluding carboxylic acids is 1. The van der Waals surface area contributed by atoms with Crippen molar-refractivity contribution in [3.05, 3.63) is 18.5 Å². The molecule has 1 aromatic rings. The minimum absolute atomic E-state index is 0.179. The van der Waals surface area contributed by atoms with Crippen molar-refractivity contribution in [2.45, 2.75) is 24.5 Å². The standard InChI is InChI=1S/C16H25N5O2/c1-19(2)10-14(22)21-8-5-16(12-21)9-13(11-23-16)20(3)15-17-6-4-7-18-15/h4,6-7,13H,5,8-12H2,1-3H3. The quantitative estimate of drug-likeness (QED) is 0.792. The molecule has 2 unspecified atom stereocenters. The maximum Gasteiger partial charge on any atom is 0.236 e. The number of amides is 1. The van der Waals surface area contributed by atoms with E-state index in [9.17, 15) is 4.79 Å². The number of hydrogen-bond donors (Lipinski definition) is 0. The largest absolute Gasteiger partial charge is 0.371 e. The van der Waals surface area contributed by atoms with E-state index in [2.05, 4.69) is 14.9 Å². The Morgan fingerprint density at radius 1 is 1.39 bits per heavy atom. The molecule has 1 aromatic heterocycles. The number of rotatable bonds is 4. The molecule has 7 heteroatoms. The predicted octanol–water partition coefficient (Wildman–Crippen LogP) is 0.234. The lowest BCUT2D eigenvalue weighted by molar-refractivity contribution is -0.131. The molecule has 3 rings (SSSR count). The Morgan fingerprint density at radius 2 is 2.13 bits per heavy atom. The van der Waals surface area contributed by atoms with Gasteiger partial charge < -0.3 is 19.4 Å². The summed E-state index contributed by atoms with van der Waals surface area (Å²) in [5, 5.41) is 0. The molecular weight excluding hydrogens is 294 g/mol. The van der Waals surface area contributed by atoms with Crippen LogP contribution in [-0.4, -0.2) is 84.7 Å². The van der Waals surface area contributed by atoms with Gasteiger partial charge in [0, 0.05) is 39.0 Å². The van der Waals surface area contributed by atoms with Gasteiger partial charge in [-0.1, -0.05) is 0 Å². The van der Waals surface area contributed by atoms with Crippen LogP contribution in [0.5, 0.6) is 0 Å². The van der Waals surface area contributed by atoms with Crippen LogP contribution in [0.1, 0.15) is 12.8 Å². The van der Waals surface area contributed by atoms with Gasteiger partial charge in [0.2, 0.25) is 11.9 Å². The smallest absolute Gasteiger partial charge is 0.236 e. The van der Waals surface area contributed by atoms with Crippen LogP contribution >= 0.6 is 0 Å². The van der Waals surface area contributed by atoms with E-state index in [4.69, 9.17) is 4.74 Å². The average Bonchev–Trinajstić information content (AvgIpc) is 3.15. The van der Waals surface area contributed by atoms with E-state index in [1.54, 1.807) is 12.4 Å². The minimum atomic E-state index is -0.199. The Bertz CT molecular complexity index is 553. The molecule has 0 N–H and O–H groups in total. The summed E-state index contributed by atoms with van der Waals surface area (Å²) in [6.07, 6.45) is 5.32. The molecular formula is C16H25N5O2. The van der Waals surface area contributed by atoms with Gasteiger partial charge in [0.05, 0.1) is 24.8 Å². The number of likely N-dealkylation sites (N-methyl/N-ethyl adjacent to an activating group) is 2. The second-order valence-corrected chi connectivity index (χ2v) is 6.81. The van der Waals surface area contributed by atoms with Gasteiger partial charge in [0.25, 0.3) is 0 Å². The third kappa shape index (κ3) is 3.45. The third-order valence-electron chi connectivity index (χ3n) is 4.73.